The van der Waals surface area contributed by atoms with Crippen LogP contribution in [0.2, 0.25) is 0 Å². The zero-order valence-electron chi connectivity index (χ0n) is 9.48. The van der Waals surface area contributed by atoms with E-state index >= 15 is 0 Å². The first-order chi connectivity index (χ1) is 8.58. The number of benzene rings is 1. The van der Waals surface area contributed by atoms with Crippen molar-refractivity contribution < 1.29 is 9.00 Å². The second-order valence-corrected chi connectivity index (χ2v) is 7.32. The van der Waals surface area contributed by atoms with Crippen LogP contribution >= 0.6 is 27.3 Å². The maximum atomic E-state index is 12.0. The molecule has 0 aliphatic carbocycles. The van der Waals surface area contributed by atoms with Crippen LogP contribution in [0.25, 0.3) is 0 Å². The first-order valence-electron chi connectivity index (χ1n) is 5.07. The Morgan fingerprint density at radius 3 is 2.61 bits per heavy atom. The molecule has 2 aromatic rings. The summed E-state index contributed by atoms with van der Waals surface area (Å²) >= 11 is 4.67. The molecule has 1 heterocycles. The van der Waals surface area contributed by atoms with Crippen LogP contribution in [-0.4, -0.2) is 16.4 Å². The van der Waals surface area contributed by atoms with Crippen LogP contribution in [0.5, 0.6) is 0 Å². The van der Waals surface area contributed by atoms with Gasteiger partial charge in [-0.05, 0) is 40.2 Å². The van der Waals surface area contributed by atoms with Gasteiger partial charge in [-0.2, -0.15) is 0 Å². The minimum Gasteiger partial charge on any atom is -0.320 e. The summed E-state index contributed by atoms with van der Waals surface area (Å²) in [7, 11) is -1.13. The predicted octanol–water partition coefficient (Wildman–Crippen LogP) is 3.50. The summed E-state index contributed by atoms with van der Waals surface area (Å²) in [5, 5.41) is 2.78. The molecule has 1 N–H and O–H groups in total. The van der Waals surface area contributed by atoms with E-state index in [1.54, 1.807) is 36.6 Å². The number of anilines is 1. The summed E-state index contributed by atoms with van der Waals surface area (Å²) in [5.74, 6) is -0.191. The van der Waals surface area contributed by atoms with Crippen molar-refractivity contribution in [2.45, 2.75) is 4.90 Å². The number of hydrogen-bond donors (Lipinski definition) is 1. The number of nitrogens with one attached hydrogen (secondary N) is 1. The van der Waals surface area contributed by atoms with Crippen LogP contribution in [0.4, 0.5) is 5.69 Å². The van der Waals surface area contributed by atoms with Gasteiger partial charge in [0.15, 0.2) is 0 Å². The van der Waals surface area contributed by atoms with Crippen molar-refractivity contribution in [2.24, 2.45) is 0 Å². The molecule has 0 aliphatic rings. The van der Waals surface area contributed by atoms with Gasteiger partial charge in [-0.1, -0.05) is 12.1 Å². The van der Waals surface area contributed by atoms with Crippen molar-refractivity contribution in [2.75, 3.05) is 11.6 Å². The van der Waals surface area contributed by atoms with Gasteiger partial charge in [-0.15, -0.1) is 11.3 Å². The summed E-state index contributed by atoms with van der Waals surface area (Å²) in [6, 6.07) is 10.7. The molecular weight excluding hydrogens is 334 g/mol. The molecule has 3 nitrogen and oxygen atoms in total. The van der Waals surface area contributed by atoms with Gasteiger partial charge < -0.3 is 5.32 Å². The highest BCUT2D eigenvalue weighted by atomic mass is 79.9. The molecule has 0 saturated carbocycles. The Kier molecular flexibility index (Phi) is 4.31. The fraction of sp³-hybridized carbons (Fsp3) is 0.0833. The quantitative estimate of drug-likeness (QED) is 0.926. The van der Waals surface area contributed by atoms with E-state index in [0.717, 1.165) is 3.79 Å². The van der Waals surface area contributed by atoms with Crippen molar-refractivity contribution in [3.8, 4) is 0 Å². The van der Waals surface area contributed by atoms with E-state index in [4.69, 9.17) is 0 Å². The fourth-order valence-electron chi connectivity index (χ4n) is 1.44. The first kappa shape index (κ1) is 13.5. The molecule has 1 atom stereocenters. The van der Waals surface area contributed by atoms with Crippen LogP contribution in [-0.2, 0) is 10.8 Å². The number of carbonyl (C=O) groups excluding carboxylic acids is 1. The molecule has 2 rings (SSSR count). The smallest absolute Gasteiger partial charge is 0.265 e. The third kappa shape index (κ3) is 3.07. The highest BCUT2D eigenvalue weighted by Gasteiger charge is 2.12. The van der Waals surface area contributed by atoms with Crippen molar-refractivity contribution >= 4 is 49.7 Å². The Morgan fingerprint density at radius 2 is 2.00 bits per heavy atom. The fourth-order valence-corrected chi connectivity index (χ4v) is 3.42. The Balaban J connectivity index is 2.24. The topological polar surface area (TPSA) is 46.2 Å². The van der Waals surface area contributed by atoms with E-state index in [2.05, 4.69) is 21.2 Å². The lowest BCUT2D eigenvalue weighted by Gasteiger charge is -2.07. The third-order valence-corrected chi connectivity index (χ3v) is 4.84. The maximum Gasteiger partial charge on any atom is 0.265 e. The van der Waals surface area contributed by atoms with Gasteiger partial charge in [-0.25, -0.2) is 0 Å². The highest BCUT2D eigenvalue weighted by molar-refractivity contribution is 9.11. The Morgan fingerprint density at radius 1 is 1.28 bits per heavy atom. The lowest BCUT2D eigenvalue weighted by atomic mass is 10.3. The van der Waals surface area contributed by atoms with Gasteiger partial charge in [-0.3, -0.25) is 9.00 Å². The lowest BCUT2D eigenvalue weighted by Crippen LogP contribution is -2.11. The standard InChI is InChI=1S/C12H10BrNO2S2/c1-18(16)10-5-3-2-4-8(10)14-12(15)9-6-7-11(13)17-9/h2-7H,1H3,(H,14,15). The van der Waals surface area contributed by atoms with E-state index in [9.17, 15) is 9.00 Å². The second kappa shape index (κ2) is 5.77. The number of rotatable bonds is 3. The van der Waals surface area contributed by atoms with E-state index < -0.39 is 10.8 Å². The molecule has 6 heteroatoms. The zero-order valence-corrected chi connectivity index (χ0v) is 12.7. The maximum absolute atomic E-state index is 12.0. The molecule has 1 amide bonds. The molecule has 1 unspecified atom stereocenters. The van der Waals surface area contributed by atoms with Gasteiger partial charge in [0.25, 0.3) is 5.91 Å². The molecule has 0 spiro atoms. The number of carbonyl (C=O) groups is 1. The minimum absolute atomic E-state index is 0.191. The number of amides is 1. The number of hydrogen-bond acceptors (Lipinski definition) is 3. The SMILES string of the molecule is CS(=O)c1ccccc1NC(=O)c1ccc(Br)s1. The molecular formula is C12H10BrNO2S2. The van der Waals surface area contributed by atoms with E-state index in [1.807, 2.05) is 6.07 Å². The lowest BCUT2D eigenvalue weighted by molar-refractivity contribution is 0.103. The Labute approximate surface area is 120 Å². The summed E-state index contributed by atoms with van der Waals surface area (Å²) in [6.07, 6.45) is 1.59. The second-order valence-electron chi connectivity index (χ2n) is 3.51. The molecule has 0 fully saturated rings. The van der Waals surface area contributed by atoms with E-state index in [-0.39, 0.29) is 5.91 Å². The van der Waals surface area contributed by atoms with E-state index in [0.29, 0.717) is 15.5 Å². The Bertz CT molecular complexity index is 610. The zero-order chi connectivity index (χ0) is 13.1. The number of para-hydroxylation sites is 1. The van der Waals surface area contributed by atoms with Crippen molar-refractivity contribution in [3.05, 3.63) is 45.1 Å². The van der Waals surface area contributed by atoms with Crippen LogP contribution in [0, 0.1) is 0 Å². The molecule has 0 bridgehead atoms. The van der Waals surface area contributed by atoms with Crippen LogP contribution in [0.3, 0.4) is 0 Å². The number of halogens is 1. The minimum atomic E-state index is -1.13. The summed E-state index contributed by atoms with van der Waals surface area (Å²) < 4.78 is 12.4. The van der Waals surface area contributed by atoms with Gasteiger partial charge in [0, 0.05) is 6.26 Å². The first-order valence-corrected chi connectivity index (χ1v) is 8.24. The van der Waals surface area contributed by atoms with Crippen LogP contribution in [0.1, 0.15) is 9.67 Å². The monoisotopic (exact) mass is 343 g/mol. The molecule has 0 saturated heterocycles. The average molecular weight is 344 g/mol. The van der Waals surface area contributed by atoms with Crippen LogP contribution < -0.4 is 5.32 Å². The molecule has 1 aromatic heterocycles. The molecule has 0 aliphatic heterocycles. The summed E-state index contributed by atoms with van der Waals surface area (Å²) in [4.78, 5) is 13.2. The number of thiophene rings is 1. The largest absolute Gasteiger partial charge is 0.320 e. The van der Waals surface area contributed by atoms with Crippen LogP contribution in [0.15, 0.2) is 45.1 Å². The molecule has 94 valence electrons. The van der Waals surface area contributed by atoms with Gasteiger partial charge >= 0.3 is 0 Å². The highest BCUT2D eigenvalue weighted by Crippen LogP contribution is 2.24. The van der Waals surface area contributed by atoms with Gasteiger partial charge in [0.1, 0.15) is 0 Å². The Hall–Kier alpha value is -0.980. The normalized spacial score (nSPS) is 12.1. The van der Waals surface area contributed by atoms with Crippen molar-refractivity contribution in [1.82, 2.24) is 0 Å². The van der Waals surface area contributed by atoms with Gasteiger partial charge in [0.2, 0.25) is 0 Å². The summed E-state index contributed by atoms with van der Waals surface area (Å²) in [6.45, 7) is 0. The summed E-state index contributed by atoms with van der Waals surface area (Å²) in [5.41, 5.74) is 0.591. The predicted molar refractivity (Wildman–Crippen MR) is 78.7 cm³/mol. The third-order valence-electron chi connectivity index (χ3n) is 2.24. The van der Waals surface area contributed by atoms with E-state index in [1.165, 1.54) is 11.3 Å². The van der Waals surface area contributed by atoms with Gasteiger partial charge in [0.05, 0.1) is 30.0 Å². The van der Waals surface area contributed by atoms with Crippen molar-refractivity contribution in [1.29, 1.82) is 0 Å². The average Bonchev–Trinajstić information content (AvgIpc) is 2.76. The molecule has 0 radical (unpaired) electrons. The molecule has 18 heavy (non-hydrogen) atoms. The molecule has 1 aromatic carbocycles. The van der Waals surface area contributed by atoms with Crippen molar-refractivity contribution in [3.63, 3.8) is 0 Å².